The Hall–Kier alpha value is -4.04. The third-order valence-electron chi connectivity index (χ3n) is 6.89. The van der Waals surface area contributed by atoms with Crippen LogP contribution >= 0.6 is 0 Å². The number of hydrogen-bond acceptors (Lipinski definition) is 2. The van der Waals surface area contributed by atoms with E-state index in [4.69, 9.17) is 9.97 Å². The van der Waals surface area contributed by atoms with Gasteiger partial charge in [0.1, 0.15) is 0 Å². The molecule has 0 saturated carbocycles. The maximum Gasteiger partial charge on any atom is 0.160 e. The average Bonchev–Trinajstić information content (AvgIpc) is 3.10. The molecule has 172 valence electrons. The Labute approximate surface area is 208 Å². The Balaban J connectivity index is 1.69. The van der Waals surface area contributed by atoms with Gasteiger partial charge < -0.3 is 0 Å². The van der Waals surface area contributed by atoms with Gasteiger partial charge in [-0.15, -0.1) is 0 Å². The van der Waals surface area contributed by atoms with Gasteiger partial charge >= 0.3 is 0 Å². The van der Waals surface area contributed by atoms with Crippen molar-refractivity contribution in [2.75, 3.05) is 0 Å². The van der Waals surface area contributed by atoms with Crippen molar-refractivity contribution in [1.82, 2.24) is 9.97 Å². The van der Waals surface area contributed by atoms with E-state index in [1.54, 1.807) is 0 Å². The molecule has 0 fully saturated rings. The second-order valence-electron chi connectivity index (χ2n) is 9.61. The lowest BCUT2D eigenvalue weighted by atomic mass is 9.80. The second-order valence-corrected chi connectivity index (χ2v) is 9.61. The van der Waals surface area contributed by atoms with Crippen molar-refractivity contribution >= 4 is 5.57 Å². The summed E-state index contributed by atoms with van der Waals surface area (Å²) in [5, 5.41) is 0. The topological polar surface area (TPSA) is 25.8 Å². The number of rotatable bonds is 5. The molecule has 0 aliphatic heterocycles. The van der Waals surface area contributed by atoms with Crippen molar-refractivity contribution in [1.29, 1.82) is 0 Å². The van der Waals surface area contributed by atoms with Gasteiger partial charge in [-0.25, -0.2) is 9.97 Å². The number of nitrogens with zero attached hydrogens (tertiary/aromatic N) is 2. The van der Waals surface area contributed by atoms with Gasteiger partial charge in [-0.05, 0) is 48.3 Å². The molecule has 1 aliphatic rings. The highest BCUT2D eigenvalue weighted by atomic mass is 14.9. The van der Waals surface area contributed by atoms with Crippen LogP contribution in [0.2, 0.25) is 0 Å². The number of allylic oxidation sites excluding steroid dienone is 5. The molecule has 0 bridgehead atoms. The fraction of sp³-hybridized carbons (Fsp3) is 0.152. The third-order valence-corrected chi connectivity index (χ3v) is 6.89. The molecule has 0 amide bonds. The molecule has 2 nitrogen and oxygen atoms in total. The minimum absolute atomic E-state index is 0.115. The second kappa shape index (κ2) is 8.96. The van der Waals surface area contributed by atoms with E-state index in [9.17, 15) is 0 Å². The van der Waals surface area contributed by atoms with Crippen molar-refractivity contribution in [2.24, 2.45) is 0 Å². The Morgan fingerprint density at radius 2 is 1.43 bits per heavy atom. The molecule has 3 aromatic carbocycles. The number of benzene rings is 3. The molecular weight excluding hydrogens is 424 g/mol. The van der Waals surface area contributed by atoms with Gasteiger partial charge in [0, 0.05) is 22.1 Å². The van der Waals surface area contributed by atoms with Crippen LogP contribution in [0.15, 0.2) is 109 Å². The van der Waals surface area contributed by atoms with E-state index in [2.05, 4.69) is 107 Å². The van der Waals surface area contributed by atoms with Gasteiger partial charge in [0.05, 0.1) is 11.4 Å². The van der Waals surface area contributed by atoms with Crippen LogP contribution in [-0.4, -0.2) is 9.97 Å². The molecule has 0 N–H and O–H groups in total. The summed E-state index contributed by atoms with van der Waals surface area (Å²) in [5.74, 6) is 0.734. The zero-order valence-corrected chi connectivity index (χ0v) is 20.8. The standard InChI is InChI=1S/C33H30N2/c1-6-11-28-26(7-2)27-19-18-25(20-29(27)33(28,4)5)31-21-30(23-16-14-22(3)15-17-23)34-32(35-31)24-12-9-8-10-13-24/h6-21H,2H2,1,3-5H3/b11-6-. The van der Waals surface area contributed by atoms with E-state index in [0.717, 1.165) is 33.9 Å². The van der Waals surface area contributed by atoms with Crippen LogP contribution < -0.4 is 0 Å². The minimum atomic E-state index is -0.115. The van der Waals surface area contributed by atoms with Gasteiger partial charge in [0.15, 0.2) is 5.82 Å². The smallest absolute Gasteiger partial charge is 0.160 e. The van der Waals surface area contributed by atoms with Crippen LogP contribution in [0, 0.1) is 6.92 Å². The van der Waals surface area contributed by atoms with E-state index >= 15 is 0 Å². The average molecular weight is 455 g/mol. The summed E-state index contributed by atoms with van der Waals surface area (Å²) in [6, 6.07) is 27.5. The number of fused-ring (bicyclic) bond motifs is 1. The first-order chi connectivity index (χ1) is 16.9. The summed E-state index contributed by atoms with van der Waals surface area (Å²) < 4.78 is 0. The normalized spacial score (nSPS) is 14.4. The highest BCUT2D eigenvalue weighted by molar-refractivity contribution is 5.89. The van der Waals surface area contributed by atoms with Gasteiger partial charge in [-0.1, -0.05) is 111 Å². The fourth-order valence-electron chi connectivity index (χ4n) is 4.95. The molecule has 2 heteroatoms. The number of hydrogen-bond donors (Lipinski definition) is 0. The van der Waals surface area contributed by atoms with E-state index in [1.165, 1.54) is 27.8 Å². The van der Waals surface area contributed by atoms with E-state index < -0.39 is 0 Å². The highest BCUT2D eigenvalue weighted by Gasteiger charge is 2.35. The van der Waals surface area contributed by atoms with Gasteiger partial charge in [-0.2, -0.15) is 0 Å². The van der Waals surface area contributed by atoms with Crippen molar-refractivity contribution in [2.45, 2.75) is 33.1 Å². The van der Waals surface area contributed by atoms with E-state index in [1.807, 2.05) is 24.3 Å². The lowest BCUT2D eigenvalue weighted by Gasteiger charge is -2.23. The highest BCUT2D eigenvalue weighted by Crippen LogP contribution is 2.48. The van der Waals surface area contributed by atoms with Crippen molar-refractivity contribution in [3.8, 4) is 33.9 Å². The predicted molar refractivity (Wildman–Crippen MR) is 148 cm³/mol. The van der Waals surface area contributed by atoms with Crippen LogP contribution in [0.3, 0.4) is 0 Å². The van der Waals surface area contributed by atoms with Crippen molar-refractivity contribution in [3.05, 3.63) is 126 Å². The molecule has 0 radical (unpaired) electrons. The number of aryl methyl sites for hydroxylation is 1. The first-order valence-corrected chi connectivity index (χ1v) is 12.1. The zero-order valence-electron chi connectivity index (χ0n) is 20.8. The molecule has 35 heavy (non-hydrogen) atoms. The third kappa shape index (κ3) is 4.06. The first kappa shape index (κ1) is 22.7. The Morgan fingerprint density at radius 3 is 2.09 bits per heavy atom. The molecular formula is C33H30N2. The van der Waals surface area contributed by atoms with Crippen LogP contribution in [0.25, 0.3) is 39.5 Å². The molecule has 4 aromatic rings. The quantitative estimate of drug-likeness (QED) is 0.302. The molecule has 0 atom stereocenters. The van der Waals surface area contributed by atoms with Crippen molar-refractivity contribution < 1.29 is 0 Å². The monoisotopic (exact) mass is 454 g/mol. The van der Waals surface area contributed by atoms with Gasteiger partial charge in [0.2, 0.25) is 0 Å². The fourth-order valence-corrected chi connectivity index (χ4v) is 4.95. The van der Waals surface area contributed by atoms with E-state index in [-0.39, 0.29) is 5.41 Å². The zero-order chi connectivity index (χ0) is 24.6. The largest absolute Gasteiger partial charge is 0.228 e. The number of aromatic nitrogens is 2. The van der Waals surface area contributed by atoms with E-state index in [0.29, 0.717) is 0 Å². The molecule has 0 unspecified atom stereocenters. The summed E-state index contributed by atoms with van der Waals surface area (Å²) in [7, 11) is 0. The summed E-state index contributed by atoms with van der Waals surface area (Å²) in [5.41, 5.74) is 11.2. The maximum absolute atomic E-state index is 5.03. The Kier molecular flexibility index (Phi) is 5.82. The molecule has 0 spiro atoms. The SMILES string of the molecule is C=CC1=C(/C=C\C)C(C)(C)c2cc(-c3cc(-c4ccc(C)cc4)nc(-c4ccccc4)n3)ccc21. The first-order valence-electron chi connectivity index (χ1n) is 12.1. The van der Waals surface area contributed by atoms with Crippen LogP contribution in [0.5, 0.6) is 0 Å². The van der Waals surface area contributed by atoms with Crippen LogP contribution in [-0.2, 0) is 5.41 Å². The molecule has 5 rings (SSSR count). The van der Waals surface area contributed by atoms with Crippen LogP contribution in [0.1, 0.15) is 37.5 Å². The molecule has 1 aliphatic carbocycles. The Bertz CT molecular complexity index is 1470. The summed E-state index contributed by atoms with van der Waals surface area (Å²) in [6.45, 7) is 12.8. The summed E-state index contributed by atoms with van der Waals surface area (Å²) in [4.78, 5) is 9.98. The minimum Gasteiger partial charge on any atom is -0.228 e. The van der Waals surface area contributed by atoms with Gasteiger partial charge in [0.25, 0.3) is 0 Å². The maximum atomic E-state index is 5.03. The van der Waals surface area contributed by atoms with Crippen molar-refractivity contribution in [3.63, 3.8) is 0 Å². The lowest BCUT2D eigenvalue weighted by Crippen LogP contribution is -2.16. The van der Waals surface area contributed by atoms with Crippen LogP contribution in [0.4, 0.5) is 0 Å². The predicted octanol–water partition coefficient (Wildman–Crippen LogP) is 8.59. The van der Waals surface area contributed by atoms with Gasteiger partial charge in [-0.3, -0.25) is 0 Å². The molecule has 0 saturated heterocycles. The Morgan fingerprint density at radius 1 is 0.771 bits per heavy atom. The summed E-state index contributed by atoms with van der Waals surface area (Å²) >= 11 is 0. The molecule has 1 aromatic heterocycles. The summed E-state index contributed by atoms with van der Waals surface area (Å²) in [6.07, 6.45) is 6.30. The molecule has 1 heterocycles. The lowest BCUT2D eigenvalue weighted by molar-refractivity contribution is 0.654.